The van der Waals surface area contributed by atoms with Gasteiger partial charge in [-0.15, -0.1) is 12.4 Å². The molecular weight excluding hydrogens is 191 g/mol. The van der Waals surface area contributed by atoms with E-state index in [1.165, 1.54) is 6.20 Å². The van der Waals surface area contributed by atoms with Crippen molar-refractivity contribution in [1.29, 1.82) is 0 Å². The van der Waals surface area contributed by atoms with Crippen LogP contribution in [0.5, 0.6) is 0 Å². The largest absolute Gasteiger partial charge is 0.325 e. The number of hydrogen-bond acceptors (Lipinski definition) is 2. The van der Waals surface area contributed by atoms with Crippen molar-refractivity contribution in [2.45, 2.75) is 25.3 Å². The van der Waals surface area contributed by atoms with Gasteiger partial charge in [0.2, 0.25) is 0 Å². The van der Waals surface area contributed by atoms with Crippen molar-refractivity contribution in [3.63, 3.8) is 0 Å². The monoisotopic (exact) mass is 202 g/mol. The van der Waals surface area contributed by atoms with Crippen LogP contribution in [-0.4, -0.2) is 4.98 Å². The Morgan fingerprint density at radius 3 is 2.77 bits per heavy atom. The van der Waals surface area contributed by atoms with E-state index >= 15 is 0 Å². The molecule has 2 rings (SSSR count). The lowest BCUT2D eigenvalue weighted by atomic mass is 10.1. The van der Waals surface area contributed by atoms with Gasteiger partial charge in [0.25, 0.3) is 0 Å². The SMILES string of the molecule is Cl.NCc1ncc(F)cc1C1CC1. The minimum Gasteiger partial charge on any atom is -0.325 e. The zero-order valence-corrected chi connectivity index (χ0v) is 7.98. The fourth-order valence-corrected chi connectivity index (χ4v) is 1.40. The first-order valence-electron chi connectivity index (χ1n) is 4.15. The van der Waals surface area contributed by atoms with Gasteiger partial charge in [0, 0.05) is 6.54 Å². The molecule has 13 heavy (non-hydrogen) atoms. The summed E-state index contributed by atoms with van der Waals surface area (Å²) < 4.78 is 12.8. The number of nitrogens with zero attached hydrogens (tertiary/aromatic N) is 1. The highest BCUT2D eigenvalue weighted by molar-refractivity contribution is 5.85. The fraction of sp³-hybridized carbons (Fsp3) is 0.444. The number of rotatable bonds is 2. The van der Waals surface area contributed by atoms with Crippen LogP contribution in [0.25, 0.3) is 0 Å². The molecule has 1 aliphatic rings. The molecule has 0 unspecified atom stereocenters. The van der Waals surface area contributed by atoms with Gasteiger partial charge in [-0.25, -0.2) is 4.39 Å². The summed E-state index contributed by atoms with van der Waals surface area (Å²) >= 11 is 0. The molecule has 0 aromatic carbocycles. The first-order valence-corrected chi connectivity index (χ1v) is 4.15. The van der Waals surface area contributed by atoms with Crippen molar-refractivity contribution < 1.29 is 4.39 Å². The molecule has 0 saturated heterocycles. The molecule has 72 valence electrons. The predicted octanol–water partition coefficient (Wildman–Crippen LogP) is 1.98. The number of aromatic nitrogens is 1. The van der Waals surface area contributed by atoms with Crippen molar-refractivity contribution in [2.75, 3.05) is 0 Å². The lowest BCUT2D eigenvalue weighted by Gasteiger charge is -2.04. The second kappa shape index (κ2) is 4.03. The predicted molar refractivity (Wildman–Crippen MR) is 51.3 cm³/mol. The van der Waals surface area contributed by atoms with Gasteiger partial charge in [-0.05, 0) is 30.4 Å². The van der Waals surface area contributed by atoms with Crippen molar-refractivity contribution >= 4 is 12.4 Å². The van der Waals surface area contributed by atoms with E-state index in [9.17, 15) is 4.39 Å². The summed E-state index contributed by atoms with van der Waals surface area (Å²) in [7, 11) is 0. The van der Waals surface area contributed by atoms with E-state index in [0.29, 0.717) is 12.5 Å². The molecule has 0 spiro atoms. The van der Waals surface area contributed by atoms with E-state index in [0.717, 1.165) is 24.1 Å². The minimum absolute atomic E-state index is 0. The van der Waals surface area contributed by atoms with Gasteiger partial charge in [0.05, 0.1) is 11.9 Å². The van der Waals surface area contributed by atoms with E-state index in [2.05, 4.69) is 4.98 Å². The molecule has 1 saturated carbocycles. The van der Waals surface area contributed by atoms with Gasteiger partial charge < -0.3 is 5.73 Å². The fourth-order valence-electron chi connectivity index (χ4n) is 1.40. The molecule has 1 aromatic heterocycles. The quantitative estimate of drug-likeness (QED) is 0.797. The van der Waals surface area contributed by atoms with E-state index in [4.69, 9.17) is 5.73 Å². The molecule has 2 N–H and O–H groups in total. The molecule has 1 aliphatic carbocycles. The second-order valence-corrected chi connectivity index (χ2v) is 3.17. The summed E-state index contributed by atoms with van der Waals surface area (Å²) in [5.41, 5.74) is 7.34. The third-order valence-electron chi connectivity index (χ3n) is 2.18. The van der Waals surface area contributed by atoms with Crippen molar-refractivity contribution in [3.8, 4) is 0 Å². The van der Waals surface area contributed by atoms with Crippen LogP contribution in [0, 0.1) is 5.82 Å². The number of halogens is 2. The zero-order chi connectivity index (χ0) is 8.55. The van der Waals surface area contributed by atoms with Gasteiger partial charge >= 0.3 is 0 Å². The zero-order valence-electron chi connectivity index (χ0n) is 7.16. The Balaban J connectivity index is 0.000000845. The van der Waals surface area contributed by atoms with Crippen LogP contribution in [0.3, 0.4) is 0 Å². The topological polar surface area (TPSA) is 38.9 Å². The first-order chi connectivity index (χ1) is 5.81. The molecule has 1 heterocycles. The van der Waals surface area contributed by atoms with Gasteiger partial charge in [-0.3, -0.25) is 4.98 Å². The molecule has 0 radical (unpaired) electrons. The van der Waals surface area contributed by atoms with E-state index in [1.807, 2.05) is 0 Å². The first kappa shape index (κ1) is 10.4. The van der Waals surface area contributed by atoms with Crippen LogP contribution in [0.1, 0.15) is 30.0 Å². The maximum atomic E-state index is 12.8. The highest BCUT2D eigenvalue weighted by Crippen LogP contribution is 2.41. The number of pyridine rings is 1. The Kier molecular flexibility index (Phi) is 3.22. The second-order valence-electron chi connectivity index (χ2n) is 3.17. The van der Waals surface area contributed by atoms with E-state index in [1.54, 1.807) is 6.07 Å². The summed E-state index contributed by atoms with van der Waals surface area (Å²) in [5.74, 6) is 0.265. The molecular formula is C9H12ClFN2. The minimum atomic E-state index is -0.255. The Labute approximate surface area is 82.8 Å². The lowest BCUT2D eigenvalue weighted by Crippen LogP contribution is -2.04. The Hall–Kier alpha value is -0.670. The third-order valence-corrected chi connectivity index (χ3v) is 2.18. The Morgan fingerprint density at radius 1 is 1.54 bits per heavy atom. The summed E-state index contributed by atoms with van der Waals surface area (Å²) in [6, 6.07) is 1.56. The lowest BCUT2D eigenvalue weighted by molar-refractivity contribution is 0.615. The maximum Gasteiger partial charge on any atom is 0.141 e. The maximum absolute atomic E-state index is 12.8. The standard InChI is InChI=1S/C9H11FN2.ClH/c10-7-3-8(6-1-2-6)9(4-11)12-5-7;/h3,5-6H,1-2,4,11H2;1H. The average molecular weight is 203 g/mol. The van der Waals surface area contributed by atoms with Crippen molar-refractivity contribution in [1.82, 2.24) is 4.98 Å². The highest BCUT2D eigenvalue weighted by Gasteiger charge is 2.26. The average Bonchev–Trinajstić information content (AvgIpc) is 2.87. The number of hydrogen-bond donors (Lipinski definition) is 1. The van der Waals surface area contributed by atoms with Gasteiger partial charge in [-0.2, -0.15) is 0 Å². The normalized spacial score (nSPS) is 15.2. The van der Waals surface area contributed by atoms with Crippen LogP contribution < -0.4 is 5.73 Å². The van der Waals surface area contributed by atoms with Crippen LogP contribution in [0.2, 0.25) is 0 Å². The van der Waals surface area contributed by atoms with Crippen LogP contribution >= 0.6 is 12.4 Å². The van der Waals surface area contributed by atoms with Crippen LogP contribution in [0.15, 0.2) is 12.3 Å². The van der Waals surface area contributed by atoms with E-state index in [-0.39, 0.29) is 18.2 Å². The van der Waals surface area contributed by atoms with Gasteiger partial charge in [-0.1, -0.05) is 0 Å². The highest BCUT2D eigenvalue weighted by atomic mass is 35.5. The molecule has 4 heteroatoms. The smallest absolute Gasteiger partial charge is 0.141 e. The molecule has 1 aromatic rings. The molecule has 2 nitrogen and oxygen atoms in total. The van der Waals surface area contributed by atoms with Crippen LogP contribution in [-0.2, 0) is 6.54 Å². The van der Waals surface area contributed by atoms with Crippen LogP contribution in [0.4, 0.5) is 4.39 Å². The molecule has 0 atom stereocenters. The third kappa shape index (κ3) is 2.17. The number of nitrogens with two attached hydrogens (primary N) is 1. The molecule has 0 aliphatic heterocycles. The van der Waals surface area contributed by atoms with Crippen molar-refractivity contribution in [3.05, 3.63) is 29.3 Å². The summed E-state index contributed by atoms with van der Waals surface area (Å²) in [6.07, 6.45) is 3.53. The molecule has 0 bridgehead atoms. The molecule has 0 amide bonds. The summed E-state index contributed by atoms with van der Waals surface area (Å²) in [5, 5.41) is 0. The van der Waals surface area contributed by atoms with Gasteiger partial charge in [0.15, 0.2) is 0 Å². The Bertz CT molecular complexity index is 300. The van der Waals surface area contributed by atoms with Gasteiger partial charge in [0.1, 0.15) is 5.82 Å². The summed E-state index contributed by atoms with van der Waals surface area (Å²) in [4.78, 5) is 3.96. The Morgan fingerprint density at radius 2 is 2.23 bits per heavy atom. The van der Waals surface area contributed by atoms with Crippen molar-refractivity contribution in [2.24, 2.45) is 5.73 Å². The molecule has 1 fully saturated rings. The summed E-state index contributed by atoms with van der Waals surface area (Å²) in [6.45, 7) is 0.409. The van der Waals surface area contributed by atoms with E-state index < -0.39 is 0 Å².